The van der Waals surface area contributed by atoms with Crippen LogP contribution in [0.1, 0.15) is 5.56 Å². The largest absolute Gasteiger partial charge is 0.316 e. The Labute approximate surface area is 116 Å². The van der Waals surface area contributed by atoms with Crippen LogP contribution in [0.5, 0.6) is 0 Å². The Kier molecular flexibility index (Phi) is 4.26. The number of aromatic nitrogens is 2. The van der Waals surface area contributed by atoms with Gasteiger partial charge in [-0.25, -0.2) is 27.5 Å². The molecule has 0 bridgehead atoms. The Bertz CT molecular complexity index is 692. The molecule has 0 aliphatic heterocycles. The Morgan fingerprint density at radius 3 is 2.60 bits per heavy atom. The Balaban J connectivity index is 2.41. The first-order valence-corrected chi connectivity index (χ1v) is 7.24. The summed E-state index contributed by atoms with van der Waals surface area (Å²) in [7, 11) is -2.27. The third-order valence-electron chi connectivity index (χ3n) is 2.48. The van der Waals surface area contributed by atoms with Crippen LogP contribution < -0.4 is 10.0 Å². The summed E-state index contributed by atoms with van der Waals surface area (Å²) in [5.74, 6) is -0.689. The minimum atomic E-state index is -3.94. The minimum Gasteiger partial charge on any atom is -0.316 e. The van der Waals surface area contributed by atoms with Crippen molar-refractivity contribution < 1.29 is 12.8 Å². The van der Waals surface area contributed by atoms with Gasteiger partial charge >= 0.3 is 0 Å². The average molecular weight is 296 g/mol. The molecule has 20 heavy (non-hydrogen) atoms. The molecule has 0 fully saturated rings. The van der Waals surface area contributed by atoms with Gasteiger partial charge in [0.05, 0.1) is 4.90 Å². The molecule has 2 N–H and O–H groups in total. The van der Waals surface area contributed by atoms with Crippen molar-refractivity contribution in [3.63, 3.8) is 0 Å². The van der Waals surface area contributed by atoms with Crippen LogP contribution in [0.25, 0.3) is 0 Å². The second-order valence-electron chi connectivity index (χ2n) is 3.96. The zero-order valence-electron chi connectivity index (χ0n) is 10.7. The van der Waals surface area contributed by atoms with Crippen LogP contribution in [0.2, 0.25) is 0 Å². The van der Waals surface area contributed by atoms with Crippen molar-refractivity contribution >= 4 is 16.0 Å². The number of anilines is 1. The summed E-state index contributed by atoms with van der Waals surface area (Å²) in [5, 5.41) is 2.83. The van der Waals surface area contributed by atoms with Gasteiger partial charge in [-0.05, 0) is 30.8 Å². The Morgan fingerprint density at radius 2 is 1.95 bits per heavy atom. The van der Waals surface area contributed by atoms with Crippen molar-refractivity contribution in [2.24, 2.45) is 0 Å². The molecule has 0 radical (unpaired) electrons. The van der Waals surface area contributed by atoms with Gasteiger partial charge in [0, 0.05) is 18.9 Å². The Hall–Kier alpha value is -2.06. The SMILES string of the molecule is CNCc1ccc(F)cc1S(=O)(=O)Nc1ncccn1. The predicted octanol–water partition coefficient (Wildman–Crippen LogP) is 1.14. The Morgan fingerprint density at radius 1 is 1.25 bits per heavy atom. The molecule has 2 aromatic rings. The molecule has 0 atom stereocenters. The zero-order valence-corrected chi connectivity index (χ0v) is 11.5. The van der Waals surface area contributed by atoms with Crippen LogP contribution in [-0.2, 0) is 16.6 Å². The summed E-state index contributed by atoms with van der Waals surface area (Å²) in [5.41, 5.74) is 0.456. The molecule has 0 aliphatic carbocycles. The number of nitrogens with zero attached hydrogens (tertiary/aromatic N) is 2. The van der Waals surface area contributed by atoms with Crippen molar-refractivity contribution in [1.29, 1.82) is 0 Å². The lowest BCUT2D eigenvalue weighted by Crippen LogP contribution is -2.18. The van der Waals surface area contributed by atoms with E-state index in [9.17, 15) is 12.8 Å². The van der Waals surface area contributed by atoms with Crippen molar-refractivity contribution in [3.8, 4) is 0 Å². The first-order valence-electron chi connectivity index (χ1n) is 5.76. The standard InChI is InChI=1S/C12H13FN4O2S/c1-14-8-9-3-4-10(13)7-11(9)20(18,19)17-12-15-5-2-6-16-12/h2-7,14H,8H2,1H3,(H,15,16,17). The highest BCUT2D eigenvalue weighted by atomic mass is 32.2. The number of nitrogens with one attached hydrogen (secondary N) is 2. The summed E-state index contributed by atoms with van der Waals surface area (Å²) in [6.45, 7) is 0.298. The maximum absolute atomic E-state index is 13.3. The van der Waals surface area contributed by atoms with Gasteiger partial charge in [0.25, 0.3) is 10.0 Å². The molecule has 1 aromatic carbocycles. The fourth-order valence-corrected chi connectivity index (χ4v) is 2.85. The summed E-state index contributed by atoms with van der Waals surface area (Å²) in [6.07, 6.45) is 2.82. The van der Waals surface area contributed by atoms with E-state index >= 15 is 0 Å². The number of rotatable bonds is 5. The molecular formula is C12H13FN4O2S. The van der Waals surface area contributed by atoms with E-state index in [-0.39, 0.29) is 10.8 Å². The maximum Gasteiger partial charge on any atom is 0.264 e. The average Bonchev–Trinajstić information content (AvgIpc) is 2.41. The normalized spacial score (nSPS) is 11.3. The fourth-order valence-electron chi connectivity index (χ4n) is 1.64. The molecule has 106 valence electrons. The molecule has 0 saturated heterocycles. The molecule has 1 heterocycles. The van der Waals surface area contributed by atoms with Crippen molar-refractivity contribution in [3.05, 3.63) is 48.0 Å². The second-order valence-corrected chi connectivity index (χ2v) is 5.61. The lowest BCUT2D eigenvalue weighted by atomic mass is 10.2. The molecule has 1 aromatic heterocycles. The van der Waals surface area contributed by atoms with Gasteiger partial charge in [-0.15, -0.1) is 0 Å². The van der Waals surface area contributed by atoms with Crippen LogP contribution in [0, 0.1) is 5.82 Å². The monoisotopic (exact) mass is 296 g/mol. The zero-order chi connectivity index (χ0) is 14.6. The number of hydrogen-bond donors (Lipinski definition) is 2. The maximum atomic E-state index is 13.3. The third-order valence-corrected chi connectivity index (χ3v) is 3.89. The van der Waals surface area contributed by atoms with Gasteiger partial charge in [0.1, 0.15) is 5.82 Å². The van der Waals surface area contributed by atoms with Gasteiger partial charge in [-0.2, -0.15) is 0 Å². The number of hydrogen-bond acceptors (Lipinski definition) is 5. The van der Waals surface area contributed by atoms with E-state index in [0.717, 1.165) is 6.07 Å². The van der Waals surface area contributed by atoms with Crippen LogP contribution in [0.4, 0.5) is 10.3 Å². The molecule has 0 saturated carbocycles. The summed E-state index contributed by atoms with van der Waals surface area (Å²) in [6, 6.07) is 5.17. The fraction of sp³-hybridized carbons (Fsp3) is 0.167. The number of halogens is 1. The predicted molar refractivity (Wildman–Crippen MR) is 72.0 cm³/mol. The second kappa shape index (κ2) is 5.93. The lowest BCUT2D eigenvalue weighted by Gasteiger charge is -2.11. The molecule has 0 amide bonds. The van der Waals surface area contributed by atoms with Crippen LogP contribution in [0.15, 0.2) is 41.6 Å². The van der Waals surface area contributed by atoms with E-state index in [1.807, 2.05) is 0 Å². The topological polar surface area (TPSA) is 84.0 Å². The summed E-state index contributed by atoms with van der Waals surface area (Å²) in [4.78, 5) is 7.41. The van der Waals surface area contributed by atoms with Gasteiger partial charge in [-0.1, -0.05) is 6.07 Å². The van der Waals surface area contributed by atoms with Gasteiger partial charge < -0.3 is 5.32 Å². The number of benzene rings is 1. The van der Waals surface area contributed by atoms with Gasteiger partial charge in [-0.3, -0.25) is 0 Å². The highest BCUT2D eigenvalue weighted by molar-refractivity contribution is 7.92. The smallest absolute Gasteiger partial charge is 0.264 e. The van der Waals surface area contributed by atoms with Crippen molar-refractivity contribution in [1.82, 2.24) is 15.3 Å². The lowest BCUT2D eigenvalue weighted by molar-refractivity contribution is 0.591. The van der Waals surface area contributed by atoms with Crippen LogP contribution >= 0.6 is 0 Å². The molecule has 6 nitrogen and oxygen atoms in total. The highest BCUT2D eigenvalue weighted by Crippen LogP contribution is 2.19. The first-order chi connectivity index (χ1) is 9.53. The highest BCUT2D eigenvalue weighted by Gasteiger charge is 2.20. The number of sulfonamides is 1. The van der Waals surface area contributed by atoms with E-state index < -0.39 is 15.8 Å². The molecule has 2 rings (SSSR count). The molecular weight excluding hydrogens is 283 g/mol. The van der Waals surface area contributed by atoms with Crippen LogP contribution in [-0.4, -0.2) is 25.4 Å². The molecule has 0 aliphatic rings. The van der Waals surface area contributed by atoms with E-state index in [1.165, 1.54) is 24.5 Å². The van der Waals surface area contributed by atoms with Gasteiger partial charge in [0.2, 0.25) is 5.95 Å². The molecule has 0 spiro atoms. The van der Waals surface area contributed by atoms with E-state index in [1.54, 1.807) is 13.1 Å². The minimum absolute atomic E-state index is 0.0628. The quantitative estimate of drug-likeness (QED) is 0.864. The first kappa shape index (κ1) is 14.4. The van der Waals surface area contributed by atoms with E-state index in [2.05, 4.69) is 20.0 Å². The summed E-state index contributed by atoms with van der Waals surface area (Å²) < 4.78 is 40.1. The van der Waals surface area contributed by atoms with Gasteiger partial charge in [0.15, 0.2) is 0 Å². The molecule has 0 unspecified atom stereocenters. The van der Waals surface area contributed by atoms with E-state index in [0.29, 0.717) is 12.1 Å². The van der Waals surface area contributed by atoms with Crippen molar-refractivity contribution in [2.45, 2.75) is 11.4 Å². The van der Waals surface area contributed by atoms with E-state index in [4.69, 9.17) is 0 Å². The molecule has 8 heteroatoms. The van der Waals surface area contributed by atoms with Crippen molar-refractivity contribution in [2.75, 3.05) is 11.8 Å². The third kappa shape index (κ3) is 3.28. The van der Waals surface area contributed by atoms with Crippen LogP contribution in [0.3, 0.4) is 0 Å². The summed E-state index contributed by atoms with van der Waals surface area (Å²) >= 11 is 0.